The molecule has 0 spiro atoms. The highest BCUT2D eigenvalue weighted by atomic mass is 32.2. The van der Waals surface area contributed by atoms with Gasteiger partial charge in [0.25, 0.3) is 5.89 Å². The molecule has 9 heteroatoms. The molecule has 180 valence electrons. The fraction of sp³-hybridized carbons (Fsp3) is 0.400. The first kappa shape index (κ1) is 24.1. The average molecular weight is 483 g/mol. The van der Waals surface area contributed by atoms with Crippen LogP contribution in [-0.4, -0.2) is 59.3 Å². The number of amides is 1. The van der Waals surface area contributed by atoms with E-state index in [1.54, 1.807) is 4.90 Å². The van der Waals surface area contributed by atoms with Gasteiger partial charge >= 0.3 is 0 Å². The molecule has 0 radical (unpaired) electrons. The van der Waals surface area contributed by atoms with Gasteiger partial charge in [0.2, 0.25) is 15.9 Å². The molecular formula is C25H30N4O4S. The Morgan fingerprint density at radius 3 is 2.41 bits per heavy atom. The topological polar surface area (TPSA) is 96.6 Å². The Bertz CT molecular complexity index is 1310. The zero-order valence-corrected chi connectivity index (χ0v) is 21.0. The van der Waals surface area contributed by atoms with Crippen molar-refractivity contribution in [1.82, 2.24) is 19.3 Å². The number of piperazine rings is 1. The van der Waals surface area contributed by atoms with Crippen molar-refractivity contribution in [3.05, 3.63) is 64.5 Å². The third-order valence-electron chi connectivity index (χ3n) is 6.13. The van der Waals surface area contributed by atoms with Crippen molar-refractivity contribution in [1.29, 1.82) is 0 Å². The van der Waals surface area contributed by atoms with Crippen LogP contribution < -0.4 is 0 Å². The molecule has 1 aliphatic heterocycles. The minimum atomic E-state index is -3.67. The van der Waals surface area contributed by atoms with Gasteiger partial charge in [0, 0.05) is 31.2 Å². The number of sulfonamides is 1. The van der Waals surface area contributed by atoms with E-state index >= 15 is 0 Å². The number of rotatable bonds is 5. The van der Waals surface area contributed by atoms with Gasteiger partial charge in [-0.1, -0.05) is 40.5 Å². The summed E-state index contributed by atoms with van der Waals surface area (Å²) in [5.41, 5.74) is 4.39. The summed E-state index contributed by atoms with van der Waals surface area (Å²) in [6, 6.07) is 11.1. The van der Waals surface area contributed by atoms with Crippen molar-refractivity contribution in [2.75, 3.05) is 19.6 Å². The summed E-state index contributed by atoms with van der Waals surface area (Å²) in [4.78, 5) is 19.3. The number of aromatic nitrogens is 2. The summed E-state index contributed by atoms with van der Waals surface area (Å²) in [6.07, 6.45) is 0.00492. The molecule has 4 rings (SSSR count). The Labute approximate surface area is 200 Å². The predicted octanol–water partition coefficient (Wildman–Crippen LogP) is 3.43. The molecule has 0 N–H and O–H groups in total. The molecule has 1 aliphatic rings. The SMILES string of the molecule is Cc1cccc(-c2nc(CC(=O)N3CCN(S(=O)(=O)c4c(C)cc(C)cc4C)C(C)C3)no2)c1. The zero-order chi connectivity index (χ0) is 24.6. The van der Waals surface area contributed by atoms with Crippen LogP contribution in [0.3, 0.4) is 0 Å². The molecule has 1 unspecified atom stereocenters. The van der Waals surface area contributed by atoms with Crippen LogP contribution in [0, 0.1) is 27.7 Å². The number of benzene rings is 2. The zero-order valence-electron chi connectivity index (χ0n) is 20.2. The fourth-order valence-electron chi connectivity index (χ4n) is 4.68. The second-order valence-corrected chi connectivity index (χ2v) is 10.9. The molecule has 34 heavy (non-hydrogen) atoms. The van der Waals surface area contributed by atoms with E-state index in [2.05, 4.69) is 10.1 Å². The van der Waals surface area contributed by atoms with Crippen LogP contribution in [0.15, 0.2) is 45.8 Å². The van der Waals surface area contributed by atoms with E-state index in [-0.39, 0.29) is 24.9 Å². The lowest BCUT2D eigenvalue weighted by Crippen LogP contribution is -2.55. The molecule has 1 saturated heterocycles. The summed E-state index contributed by atoms with van der Waals surface area (Å²) < 4.78 is 33.8. The number of carbonyl (C=O) groups is 1. The van der Waals surface area contributed by atoms with Crippen LogP contribution in [0.4, 0.5) is 0 Å². The Morgan fingerprint density at radius 2 is 1.76 bits per heavy atom. The van der Waals surface area contributed by atoms with E-state index in [1.165, 1.54) is 4.31 Å². The fourth-order valence-corrected chi connectivity index (χ4v) is 6.71. The summed E-state index contributed by atoms with van der Waals surface area (Å²) in [7, 11) is -3.67. The van der Waals surface area contributed by atoms with Gasteiger partial charge in [0.15, 0.2) is 5.82 Å². The molecule has 0 aliphatic carbocycles. The van der Waals surface area contributed by atoms with Crippen molar-refractivity contribution >= 4 is 15.9 Å². The highest BCUT2D eigenvalue weighted by Crippen LogP contribution is 2.28. The molecule has 1 fully saturated rings. The lowest BCUT2D eigenvalue weighted by Gasteiger charge is -2.39. The molecule has 1 aromatic heterocycles. The summed E-state index contributed by atoms with van der Waals surface area (Å²) in [5.74, 6) is 0.540. The molecular weight excluding hydrogens is 452 g/mol. The third kappa shape index (κ3) is 4.76. The number of carbonyl (C=O) groups excluding carboxylic acids is 1. The summed E-state index contributed by atoms with van der Waals surface area (Å²) in [5, 5.41) is 3.96. The number of hydrogen-bond acceptors (Lipinski definition) is 6. The van der Waals surface area contributed by atoms with Gasteiger partial charge in [-0.25, -0.2) is 8.42 Å². The summed E-state index contributed by atoms with van der Waals surface area (Å²) >= 11 is 0. The van der Waals surface area contributed by atoms with Crippen molar-refractivity contribution in [2.24, 2.45) is 0 Å². The Hall–Kier alpha value is -3.04. The molecule has 2 aromatic carbocycles. The molecule has 3 aromatic rings. The van der Waals surface area contributed by atoms with Crippen LogP contribution in [0.1, 0.15) is 35.0 Å². The van der Waals surface area contributed by atoms with Gasteiger partial charge in [0.1, 0.15) is 0 Å². The summed E-state index contributed by atoms with van der Waals surface area (Å²) in [6.45, 7) is 10.3. The highest BCUT2D eigenvalue weighted by molar-refractivity contribution is 7.89. The molecule has 8 nitrogen and oxygen atoms in total. The lowest BCUT2D eigenvalue weighted by molar-refractivity contribution is -0.132. The van der Waals surface area contributed by atoms with Crippen LogP contribution >= 0.6 is 0 Å². The first-order valence-electron chi connectivity index (χ1n) is 11.3. The average Bonchev–Trinajstić information content (AvgIpc) is 3.21. The van der Waals surface area contributed by atoms with Crippen LogP contribution in [-0.2, 0) is 21.2 Å². The maximum absolute atomic E-state index is 13.5. The van der Waals surface area contributed by atoms with E-state index in [0.29, 0.717) is 29.7 Å². The lowest BCUT2D eigenvalue weighted by atomic mass is 10.1. The largest absolute Gasteiger partial charge is 0.339 e. The van der Waals surface area contributed by atoms with Crippen LogP contribution in [0.25, 0.3) is 11.5 Å². The minimum absolute atomic E-state index is 0.00492. The maximum Gasteiger partial charge on any atom is 0.257 e. The maximum atomic E-state index is 13.5. The first-order valence-corrected chi connectivity index (χ1v) is 12.8. The Morgan fingerprint density at radius 1 is 1.06 bits per heavy atom. The molecule has 1 atom stereocenters. The van der Waals surface area contributed by atoms with Crippen LogP contribution in [0.2, 0.25) is 0 Å². The Kier molecular flexibility index (Phi) is 6.60. The van der Waals surface area contributed by atoms with Gasteiger partial charge in [-0.3, -0.25) is 4.79 Å². The number of aryl methyl sites for hydroxylation is 4. The van der Waals surface area contributed by atoms with Crippen molar-refractivity contribution in [3.8, 4) is 11.5 Å². The Balaban J connectivity index is 1.44. The van der Waals surface area contributed by atoms with Gasteiger partial charge in [-0.2, -0.15) is 9.29 Å². The van der Waals surface area contributed by atoms with Crippen LogP contribution in [0.5, 0.6) is 0 Å². The smallest absolute Gasteiger partial charge is 0.257 e. The van der Waals surface area contributed by atoms with E-state index in [9.17, 15) is 13.2 Å². The molecule has 0 bridgehead atoms. The van der Waals surface area contributed by atoms with Gasteiger partial charge < -0.3 is 9.42 Å². The molecule has 2 heterocycles. The van der Waals surface area contributed by atoms with Gasteiger partial charge in [-0.05, 0) is 57.9 Å². The predicted molar refractivity (Wildman–Crippen MR) is 129 cm³/mol. The van der Waals surface area contributed by atoms with Crippen molar-refractivity contribution in [2.45, 2.75) is 52.0 Å². The first-order chi connectivity index (χ1) is 16.1. The second kappa shape index (κ2) is 9.31. The molecule has 1 amide bonds. The van der Waals surface area contributed by atoms with E-state index < -0.39 is 10.0 Å². The number of hydrogen-bond donors (Lipinski definition) is 0. The van der Waals surface area contributed by atoms with Crippen molar-refractivity contribution < 1.29 is 17.7 Å². The normalized spacial score (nSPS) is 17.2. The van der Waals surface area contributed by atoms with E-state index in [0.717, 1.165) is 27.8 Å². The van der Waals surface area contributed by atoms with Crippen molar-refractivity contribution in [3.63, 3.8) is 0 Å². The second-order valence-electron chi connectivity index (χ2n) is 9.09. The van der Waals surface area contributed by atoms with E-state index in [1.807, 2.05) is 71.0 Å². The van der Waals surface area contributed by atoms with Gasteiger partial charge in [-0.15, -0.1) is 0 Å². The third-order valence-corrected chi connectivity index (χ3v) is 8.45. The number of nitrogens with zero attached hydrogens (tertiary/aromatic N) is 4. The standard InChI is InChI=1S/C25H30N4O4S/c1-16-7-6-8-21(13-16)25-26-22(27-33-25)14-23(30)28-9-10-29(20(5)15-28)34(31,32)24-18(3)11-17(2)12-19(24)4/h6-8,11-13,20H,9-10,14-15H2,1-5H3. The highest BCUT2D eigenvalue weighted by Gasteiger charge is 2.36. The quantitative estimate of drug-likeness (QED) is 0.553. The molecule has 0 saturated carbocycles. The minimum Gasteiger partial charge on any atom is -0.339 e. The van der Waals surface area contributed by atoms with Gasteiger partial charge in [0.05, 0.1) is 11.3 Å². The van der Waals surface area contributed by atoms with E-state index in [4.69, 9.17) is 4.52 Å². The monoisotopic (exact) mass is 482 g/mol.